The van der Waals surface area contributed by atoms with Crippen LogP contribution in [0.4, 0.5) is 11.6 Å². The minimum Gasteiger partial charge on any atom is -0.360 e. The van der Waals surface area contributed by atoms with E-state index in [1.165, 1.54) is 0 Å². The van der Waals surface area contributed by atoms with Gasteiger partial charge in [0.25, 0.3) is 5.91 Å². The van der Waals surface area contributed by atoms with E-state index in [1.807, 2.05) is 0 Å². The van der Waals surface area contributed by atoms with Gasteiger partial charge in [-0.05, 0) is 26.2 Å². The Morgan fingerprint density at radius 1 is 1.23 bits per heavy atom. The second-order valence-electron chi connectivity index (χ2n) is 5.57. The average Bonchev–Trinajstić information content (AvgIpc) is 2.82. The Hall–Kier alpha value is -2.44. The summed E-state index contributed by atoms with van der Waals surface area (Å²) in [4.78, 5) is 20.5. The van der Waals surface area contributed by atoms with Crippen LogP contribution in [-0.4, -0.2) is 27.6 Å². The number of hydrogen-bond donors (Lipinski definition) is 2. The van der Waals surface area contributed by atoms with Gasteiger partial charge in [-0.25, -0.2) is 9.97 Å². The molecular formula is C15H21N5O2. The van der Waals surface area contributed by atoms with E-state index in [1.54, 1.807) is 26.0 Å². The van der Waals surface area contributed by atoms with Gasteiger partial charge < -0.3 is 15.2 Å². The van der Waals surface area contributed by atoms with Crippen LogP contribution in [0.25, 0.3) is 0 Å². The number of rotatable bonds is 6. The van der Waals surface area contributed by atoms with Gasteiger partial charge >= 0.3 is 0 Å². The zero-order valence-electron chi connectivity index (χ0n) is 13.3. The molecule has 0 bridgehead atoms. The molecule has 0 aliphatic heterocycles. The van der Waals surface area contributed by atoms with Crippen LogP contribution >= 0.6 is 0 Å². The third-order valence-electron chi connectivity index (χ3n) is 2.96. The normalized spacial score (nSPS) is 10.8. The second kappa shape index (κ2) is 7.02. The van der Waals surface area contributed by atoms with Crippen LogP contribution in [-0.2, 0) is 0 Å². The first-order chi connectivity index (χ1) is 10.4. The number of anilines is 2. The van der Waals surface area contributed by atoms with Crippen LogP contribution in [0.1, 0.15) is 42.3 Å². The van der Waals surface area contributed by atoms with Gasteiger partial charge in [0.05, 0.1) is 0 Å². The summed E-state index contributed by atoms with van der Waals surface area (Å²) in [6.45, 7) is 8.40. The number of carbonyl (C=O) groups is 1. The Morgan fingerprint density at radius 2 is 2.00 bits per heavy atom. The number of nitrogens with zero attached hydrogens (tertiary/aromatic N) is 3. The van der Waals surface area contributed by atoms with E-state index >= 15 is 0 Å². The molecule has 22 heavy (non-hydrogen) atoms. The third kappa shape index (κ3) is 4.54. The van der Waals surface area contributed by atoms with Gasteiger partial charge in [0.15, 0.2) is 5.82 Å². The lowest BCUT2D eigenvalue weighted by molar-refractivity contribution is 0.0946. The molecule has 1 amide bonds. The minimum absolute atomic E-state index is 0.203. The van der Waals surface area contributed by atoms with E-state index in [9.17, 15) is 4.79 Å². The van der Waals surface area contributed by atoms with E-state index in [-0.39, 0.29) is 5.91 Å². The monoisotopic (exact) mass is 303 g/mol. The first-order valence-electron chi connectivity index (χ1n) is 7.28. The molecule has 0 aliphatic rings. The van der Waals surface area contributed by atoms with E-state index in [2.05, 4.69) is 39.6 Å². The number of nitrogens with one attached hydrogen (secondary N) is 2. The van der Waals surface area contributed by atoms with Gasteiger partial charge in [-0.2, -0.15) is 0 Å². The Bertz CT molecular complexity index is 651. The molecule has 118 valence electrons. The summed E-state index contributed by atoms with van der Waals surface area (Å²) >= 11 is 0. The number of amides is 1. The molecule has 2 heterocycles. The average molecular weight is 303 g/mol. The zero-order valence-corrected chi connectivity index (χ0v) is 13.3. The van der Waals surface area contributed by atoms with Gasteiger partial charge in [0.1, 0.15) is 23.1 Å². The fourth-order valence-corrected chi connectivity index (χ4v) is 1.87. The number of aromatic nitrogens is 3. The standard InChI is InChI=1S/C15H21N5O2/c1-9(2)5-6-16-15(21)12-8-13(18-11(4)17-12)19-14-7-10(3)22-20-14/h7-9H,5-6H2,1-4H3,(H,16,21)(H,17,18,19,20). The highest BCUT2D eigenvalue weighted by molar-refractivity contribution is 5.93. The molecule has 2 N–H and O–H groups in total. The molecule has 0 spiro atoms. The first kappa shape index (κ1) is 15.9. The third-order valence-corrected chi connectivity index (χ3v) is 2.96. The number of carbonyl (C=O) groups excluding carboxylic acids is 1. The van der Waals surface area contributed by atoms with Crippen molar-refractivity contribution in [2.24, 2.45) is 5.92 Å². The van der Waals surface area contributed by atoms with Crippen LogP contribution in [0.5, 0.6) is 0 Å². The van der Waals surface area contributed by atoms with Crippen LogP contribution in [0.15, 0.2) is 16.7 Å². The Kier molecular flexibility index (Phi) is 5.08. The molecule has 0 radical (unpaired) electrons. The van der Waals surface area contributed by atoms with Gasteiger partial charge in [0, 0.05) is 18.7 Å². The van der Waals surface area contributed by atoms with Crippen LogP contribution in [0.3, 0.4) is 0 Å². The van der Waals surface area contributed by atoms with Crippen molar-refractivity contribution < 1.29 is 9.32 Å². The molecule has 0 unspecified atom stereocenters. The van der Waals surface area contributed by atoms with E-state index < -0.39 is 0 Å². The highest BCUT2D eigenvalue weighted by Gasteiger charge is 2.11. The lowest BCUT2D eigenvalue weighted by Gasteiger charge is -2.08. The van der Waals surface area contributed by atoms with Crippen molar-refractivity contribution >= 4 is 17.5 Å². The van der Waals surface area contributed by atoms with Crippen molar-refractivity contribution in [2.75, 3.05) is 11.9 Å². The van der Waals surface area contributed by atoms with Crippen LogP contribution in [0, 0.1) is 19.8 Å². The van der Waals surface area contributed by atoms with Crippen molar-refractivity contribution in [2.45, 2.75) is 34.1 Å². The quantitative estimate of drug-likeness (QED) is 0.852. The summed E-state index contributed by atoms with van der Waals surface area (Å²) in [5.41, 5.74) is 0.332. The molecule has 2 aromatic heterocycles. The maximum absolute atomic E-state index is 12.1. The molecule has 0 saturated carbocycles. The maximum Gasteiger partial charge on any atom is 0.270 e. The molecule has 0 saturated heterocycles. The Morgan fingerprint density at radius 3 is 2.64 bits per heavy atom. The topological polar surface area (TPSA) is 92.9 Å². The molecule has 0 fully saturated rings. The molecule has 7 nitrogen and oxygen atoms in total. The Balaban J connectivity index is 2.07. The maximum atomic E-state index is 12.1. The SMILES string of the molecule is Cc1nc(Nc2cc(C)on2)cc(C(=O)NCCC(C)C)n1. The summed E-state index contributed by atoms with van der Waals surface area (Å²) in [5, 5.41) is 9.70. The highest BCUT2D eigenvalue weighted by atomic mass is 16.5. The van der Waals surface area contributed by atoms with Gasteiger partial charge in [-0.3, -0.25) is 4.79 Å². The summed E-state index contributed by atoms with van der Waals surface area (Å²) < 4.78 is 4.98. The van der Waals surface area contributed by atoms with E-state index in [0.717, 1.165) is 6.42 Å². The van der Waals surface area contributed by atoms with Crippen molar-refractivity contribution in [3.63, 3.8) is 0 Å². The Labute approximate surface area is 129 Å². The summed E-state index contributed by atoms with van der Waals surface area (Å²) in [6, 6.07) is 3.35. The first-order valence-corrected chi connectivity index (χ1v) is 7.28. The fourth-order valence-electron chi connectivity index (χ4n) is 1.87. The van der Waals surface area contributed by atoms with E-state index in [4.69, 9.17) is 4.52 Å². The largest absolute Gasteiger partial charge is 0.360 e. The van der Waals surface area contributed by atoms with Crippen molar-refractivity contribution in [1.82, 2.24) is 20.4 Å². The minimum atomic E-state index is -0.203. The van der Waals surface area contributed by atoms with Gasteiger partial charge in [-0.15, -0.1) is 0 Å². The summed E-state index contributed by atoms with van der Waals surface area (Å²) in [7, 11) is 0. The molecule has 2 aromatic rings. The lowest BCUT2D eigenvalue weighted by atomic mass is 10.1. The van der Waals surface area contributed by atoms with Crippen molar-refractivity contribution in [3.05, 3.63) is 29.4 Å². The highest BCUT2D eigenvalue weighted by Crippen LogP contribution is 2.15. The van der Waals surface area contributed by atoms with Crippen molar-refractivity contribution in [1.29, 1.82) is 0 Å². The predicted octanol–water partition coefficient (Wildman–Crippen LogP) is 2.60. The fraction of sp³-hybridized carbons (Fsp3) is 0.467. The number of hydrogen-bond acceptors (Lipinski definition) is 6. The zero-order chi connectivity index (χ0) is 16.1. The number of aryl methyl sites for hydroxylation is 2. The molecule has 0 aromatic carbocycles. The smallest absolute Gasteiger partial charge is 0.270 e. The molecular weight excluding hydrogens is 282 g/mol. The molecule has 0 aliphatic carbocycles. The summed E-state index contributed by atoms with van der Waals surface area (Å²) in [5.74, 6) is 2.60. The predicted molar refractivity (Wildman–Crippen MR) is 83.1 cm³/mol. The van der Waals surface area contributed by atoms with Crippen LogP contribution in [0.2, 0.25) is 0 Å². The molecule has 0 atom stereocenters. The van der Waals surface area contributed by atoms with Crippen molar-refractivity contribution in [3.8, 4) is 0 Å². The van der Waals surface area contributed by atoms with Gasteiger partial charge in [0.2, 0.25) is 0 Å². The lowest BCUT2D eigenvalue weighted by Crippen LogP contribution is -2.26. The summed E-state index contributed by atoms with van der Waals surface area (Å²) in [6.07, 6.45) is 0.930. The molecule has 7 heteroatoms. The second-order valence-corrected chi connectivity index (χ2v) is 5.57. The van der Waals surface area contributed by atoms with Gasteiger partial charge in [-0.1, -0.05) is 19.0 Å². The van der Waals surface area contributed by atoms with Crippen LogP contribution < -0.4 is 10.6 Å². The van der Waals surface area contributed by atoms with E-state index in [0.29, 0.717) is 41.4 Å². The molecule has 2 rings (SSSR count).